The highest BCUT2D eigenvalue weighted by atomic mass is 19.4. The van der Waals surface area contributed by atoms with Gasteiger partial charge in [0.25, 0.3) is 5.56 Å². The molecule has 128 valence electrons. The van der Waals surface area contributed by atoms with Gasteiger partial charge in [-0.25, -0.2) is 0 Å². The molecule has 5 nitrogen and oxygen atoms in total. The Balaban J connectivity index is 1.93. The van der Waals surface area contributed by atoms with E-state index in [4.69, 9.17) is 0 Å². The van der Waals surface area contributed by atoms with Crippen LogP contribution in [0.3, 0.4) is 0 Å². The van der Waals surface area contributed by atoms with Crippen molar-refractivity contribution in [1.82, 2.24) is 9.88 Å². The zero-order valence-corrected chi connectivity index (χ0v) is 12.5. The smallest absolute Gasteiger partial charge is 0.393 e. The summed E-state index contributed by atoms with van der Waals surface area (Å²) in [6.45, 7) is -0.109. The number of rotatable bonds is 4. The summed E-state index contributed by atoms with van der Waals surface area (Å²) in [5.74, 6) is -0.368. The molecule has 0 bridgehead atoms. The van der Waals surface area contributed by atoms with Crippen molar-refractivity contribution in [3.8, 4) is 0 Å². The second-order valence-electron chi connectivity index (χ2n) is 5.87. The Kier molecular flexibility index (Phi) is 5.46. The number of hydrogen-bond acceptors (Lipinski definition) is 3. The predicted molar refractivity (Wildman–Crippen MR) is 76.7 cm³/mol. The number of carbonyl (C=O) groups excluding carboxylic acids is 1. The summed E-state index contributed by atoms with van der Waals surface area (Å²) in [5, 5.41) is 12.2. The van der Waals surface area contributed by atoms with E-state index in [1.54, 1.807) is 0 Å². The van der Waals surface area contributed by atoms with E-state index in [1.807, 2.05) is 0 Å². The van der Waals surface area contributed by atoms with Gasteiger partial charge in [-0.3, -0.25) is 9.59 Å². The molecule has 0 saturated heterocycles. The maximum absolute atomic E-state index is 12.6. The average molecular weight is 332 g/mol. The molecule has 0 radical (unpaired) electrons. The van der Waals surface area contributed by atoms with E-state index in [0.29, 0.717) is 25.2 Å². The van der Waals surface area contributed by atoms with Gasteiger partial charge in [-0.05, 0) is 31.2 Å². The number of aliphatic hydroxyl groups is 1. The lowest BCUT2D eigenvalue weighted by Crippen LogP contribution is -2.36. The van der Waals surface area contributed by atoms with Crippen LogP contribution in [0.5, 0.6) is 0 Å². The van der Waals surface area contributed by atoms with E-state index in [9.17, 15) is 27.9 Å². The van der Waals surface area contributed by atoms with E-state index in [2.05, 4.69) is 5.32 Å². The second-order valence-corrected chi connectivity index (χ2v) is 5.87. The Labute approximate surface area is 131 Å². The largest absolute Gasteiger partial charge is 0.417 e. The molecule has 1 heterocycles. The molecular weight excluding hydrogens is 313 g/mol. The predicted octanol–water partition coefficient (Wildman–Crippen LogP) is 1.53. The molecule has 0 aromatic carbocycles. The lowest BCUT2D eigenvalue weighted by Gasteiger charge is -2.25. The highest BCUT2D eigenvalue weighted by molar-refractivity contribution is 5.75. The quantitative estimate of drug-likeness (QED) is 0.878. The first-order valence-electron chi connectivity index (χ1n) is 7.48. The van der Waals surface area contributed by atoms with Crippen LogP contribution in [-0.2, 0) is 17.5 Å². The summed E-state index contributed by atoms with van der Waals surface area (Å²) in [7, 11) is 0. The number of alkyl halides is 3. The van der Waals surface area contributed by atoms with Crippen LogP contribution in [0.2, 0.25) is 0 Å². The minimum atomic E-state index is -4.57. The number of carbonyl (C=O) groups is 1. The van der Waals surface area contributed by atoms with Crippen molar-refractivity contribution in [2.75, 3.05) is 6.54 Å². The summed E-state index contributed by atoms with van der Waals surface area (Å²) < 4.78 is 38.6. The standard InChI is InChI=1S/C15H19F3N2O3/c16-15(17,18)11-4-5-14(23)20(8-11)9-13(22)19-7-10-2-1-3-12(21)6-10/h4-5,8,10,12,21H,1-3,6-7,9H2,(H,19,22). The first-order chi connectivity index (χ1) is 10.8. The Morgan fingerprint density at radius 2 is 2.09 bits per heavy atom. The Morgan fingerprint density at radius 3 is 2.74 bits per heavy atom. The lowest BCUT2D eigenvalue weighted by molar-refractivity contribution is -0.138. The van der Waals surface area contributed by atoms with Gasteiger partial charge in [-0.1, -0.05) is 6.42 Å². The molecule has 0 spiro atoms. The van der Waals surface area contributed by atoms with Crippen molar-refractivity contribution in [3.63, 3.8) is 0 Å². The highest BCUT2D eigenvalue weighted by Crippen LogP contribution is 2.28. The van der Waals surface area contributed by atoms with Gasteiger partial charge in [-0.15, -0.1) is 0 Å². The minimum Gasteiger partial charge on any atom is -0.393 e. The van der Waals surface area contributed by atoms with Crippen molar-refractivity contribution in [1.29, 1.82) is 0 Å². The SMILES string of the molecule is O=C(Cn1cc(C(F)(F)F)ccc1=O)NCC1CCCC(O)C1. The van der Waals surface area contributed by atoms with Gasteiger partial charge in [0.2, 0.25) is 5.91 Å². The molecule has 1 amide bonds. The fraction of sp³-hybridized carbons (Fsp3) is 0.600. The molecule has 23 heavy (non-hydrogen) atoms. The van der Waals surface area contributed by atoms with Gasteiger partial charge in [0.15, 0.2) is 0 Å². The maximum Gasteiger partial charge on any atom is 0.417 e. The third-order valence-corrected chi connectivity index (χ3v) is 3.97. The Bertz CT molecular complexity index is 613. The van der Waals surface area contributed by atoms with Crippen LogP contribution < -0.4 is 10.9 Å². The van der Waals surface area contributed by atoms with Gasteiger partial charge in [0.05, 0.1) is 11.7 Å². The summed E-state index contributed by atoms with van der Waals surface area (Å²) >= 11 is 0. The molecule has 1 aromatic heterocycles. The Morgan fingerprint density at radius 1 is 1.35 bits per heavy atom. The van der Waals surface area contributed by atoms with E-state index in [0.717, 1.165) is 29.9 Å². The summed E-state index contributed by atoms with van der Waals surface area (Å²) in [5.41, 5.74) is -1.64. The summed E-state index contributed by atoms with van der Waals surface area (Å²) in [6, 6.07) is 1.49. The number of pyridine rings is 1. The van der Waals surface area contributed by atoms with Gasteiger partial charge in [-0.2, -0.15) is 13.2 Å². The first-order valence-corrected chi connectivity index (χ1v) is 7.48. The molecule has 1 aromatic rings. The van der Waals surface area contributed by atoms with Crippen LogP contribution >= 0.6 is 0 Å². The number of nitrogens with one attached hydrogen (secondary N) is 1. The number of aliphatic hydroxyl groups excluding tert-OH is 1. The minimum absolute atomic E-state index is 0.154. The molecule has 2 atom stereocenters. The van der Waals surface area contributed by atoms with Crippen LogP contribution in [0, 0.1) is 5.92 Å². The number of hydrogen-bond donors (Lipinski definition) is 2. The highest BCUT2D eigenvalue weighted by Gasteiger charge is 2.31. The molecule has 8 heteroatoms. The molecule has 2 unspecified atom stereocenters. The van der Waals surface area contributed by atoms with Crippen molar-refractivity contribution >= 4 is 5.91 Å². The molecule has 0 aliphatic heterocycles. The maximum atomic E-state index is 12.6. The van der Waals surface area contributed by atoms with Gasteiger partial charge < -0.3 is 15.0 Å². The van der Waals surface area contributed by atoms with Crippen LogP contribution in [0.4, 0.5) is 13.2 Å². The molecular formula is C15H19F3N2O3. The zero-order valence-electron chi connectivity index (χ0n) is 12.5. The lowest BCUT2D eigenvalue weighted by atomic mass is 9.87. The monoisotopic (exact) mass is 332 g/mol. The molecule has 2 N–H and O–H groups in total. The Hall–Kier alpha value is -1.83. The number of halogens is 3. The number of amides is 1. The van der Waals surface area contributed by atoms with Gasteiger partial charge in [0, 0.05) is 18.8 Å². The van der Waals surface area contributed by atoms with Gasteiger partial charge >= 0.3 is 6.18 Å². The first kappa shape index (κ1) is 17.5. The third-order valence-electron chi connectivity index (χ3n) is 3.97. The topological polar surface area (TPSA) is 71.3 Å². The fourth-order valence-electron chi connectivity index (χ4n) is 2.74. The van der Waals surface area contributed by atoms with Crippen LogP contribution in [0.1, 0.15) is 31.2 Å². The molecule has 1 saturated carbocycles. The van der Waals surface area contributed by atoms with Crippen LogP contribution in [0.15, 0.2) is 23.1 Å². The van der Waals surface area contributed by atoms with E-state index >= 15 is 0 Å². The zero-order chi connectivity index (χ0) is 17.0. The molecule has 1 aliphatic rings. The number of nitrogens with zero attached hydrogens (tertiary/aromatic N) is 1. The molecule has 1 fully saturated rings. The third kappa shape index (κ3) is 5.09. The van der Waals surface area contributed by atoms with Crippen molar-refractivity contribution in [2.24, 2.45) is 5.92 Å². The normalized spacial score (nSPS) is 21.9. The van der Waals surface area contributed by atoms with E-state index in [1.165, 1.54) is 0 Å². The molecule has 2 rings (SSSR count). The van der Waals surface area contributed by atoms with Crippen molar-refractivity contribution in [2.45, 2.75) is 44.5 Å². The molecule has 1 aliphatic carbocycles. The van der Waals surface area contributed by atoms with Crippen LogP contribution in [0.25, 0.3) is 0 Å². The summed E-state index contributed by atoms with van der Waals surface area (Å²) in [6.07, 6.45) is -1.16. The summed E-state index contributed by atoms with van der Waals surface area (Å²) in [4.78, 5) is 23.4. The van der Waals surface area contributed by atoms with Crippen molar-refractivity contribution < 1.29 is 23.1 Å². The average Bonchev–Trinajstić information content (AvgIpc) is 2.46. The second kappa shape index (κ2) is 7.16. The van der Waals surface area contributed by atoms with Crippen molar-refractivity contribution in [3.05, 3.63) is 34.2 Å². The van der Waals surface area contributed by atoms with Crippen LogP contribution in [-0.4, -0.2) is 28.2 Å². The van der Waals surface area contributed by atoms with E-state index < -0.39 is 29.8 Å². The fourth-order valence-corrected chi connectivity index (χ4v) is 2.74. The number of aromatic nitrogens is 1. The van der Waals surface area contributed by atoms with Gasteiger partial charge in [0.1, 0.15) is 6.54 Å². The van der Waals surface area contributed by atoms with E-state index in [-0.39, 0.29) is 12.0 Å².